The van der Waals surface area contributed by atoms with Gasteiger partial charge in [0.15, 0.2) is 0 Å². The molecule has 6 heteroatoms. The van der Waals surface area contributed by atoms with E-state index < -0.39 is 5.97 Å². The predicted molar refractivity (Wildman–Crippen MR) is 107 cm³/mol. The van der Waals surface area contributed by atoms with Crippen molar-refractivity contribution >= 4 is 18.0 Å². The van der Waals surface area contributed by atoms with Crippen molar-refractivity contribution in [3.8, 4) is 11.5 Å². The quantitative estimate of drug-likeness (QED) is 0.484. The van der Waals surface area contributed by atoms with Crippen molar-refractivity contribution in [1.82, 2.24) is 5.32 Å². The van der Waals surface area contributed by atoms with E-state index >= 15 is 0 Å². The summed E-state index contributed by atoms with van der Waals surface area (Å²) in [5.74, 6) is 0.449. The van der Waals surface area contributed by atoms with E-state index in [0.29, 0.717) is 19.6 Å². The van der Waals surface area contributed by atoms with Gasteiger partial charge in [-0.25, -0.2) is 0 Å². The summed E-state index contributed by atoms with van der Waals surface area (Å²) in [6.07, 6.45) is 3.57. The molecule has 0 fully saturated rings. The maximum absolute atomic E-state index is 11.7. The molecular weight excluding hydrogens is 358 g/mol. The van der Waals surface area contributed by atoms with E-state index in [1.807, 2.05) is 49.4 Å². The molecule has 0 heterocycles. The summed E-state index contributed by atoms with van der Waals surface area (Å²) in [6, 6.07) is 13.4. The van der Waals surface area contributed by atoms with Crippen LogP contribution in [-0.2, 0) is 16.2 Å². The van der Waals surface area contributed by atoms with Crippen LogP contribution in [0, 0.1) is 6.92 Å². The van der Waals surface area contributed by atoms with Crippen LogP contribution in [0.25, 0.3) is 6.08 Å². The lowest BCUT2D eigenvalue weighted by molar-refractivity contribution is -0.137. The zero-order chi connectivity index (χ0) is 20.4. The molecule has 2 rings (SSSR count). The molecular formula is C22H25NO5. The highest BCUT2D eigenvalue weighted by molar-refractivity contribution is 5.91. The van der Waals surface area contributed by atoms with Crippen molar-refractivity contribution in [2.24, 2.45) is 0 Å². The number of carbonyl (C=O) groups excluding carboxylic acids is 1. The number of carbonyl (C=O) groups is 2. The first-order chi connectivity index (χ1) is 13.5. The molecule has 0 aromatic heterocycles. The van der Waals surface area contributed by atoms with Gasteiger partial charge in [-0.3, -0.25) is 9.59 Å². The van der Waals surface area contributed by atoms with Crippen LogP contribution in [0.2, 0.25) is 0 Å². The van der Waals surface area contributed by atoms with Crippen molar-refractivity contribution in [1.29, 1.82) is 0 Å². The van der Waals surface area contributed by atoms with Crippen LogP contribution in [0.5, 0.6) is 11.5 Å². The monoisotopic (exact) mass is 383 g/mol. The molecule has 2 N–H and O–H groups in total. The molecule has 148 valence electrons. The number of aliphatic carboxylic acids is 1. The Balaban J connectivity index is 1.81. The van der Waals surface area contributed by atoms with Crippen molar-refractivity contribution in [3.05, 3.63) is 65.2 Å². The van der Waals surface area contributed by atoms with Crippen LogP contribution in [0.1, 0.15) is 29.5 Å². The van der Waals surface area contributed by atoms with Crippen LogP contribution in [-0.4, -0.2) is 30.6 Å². The number of carboxylic acid groups (broad SMARTS) is 1. The highest BCUT2D eigenvalue weighted by Crippen LogP contribution is 2.21. The van der Waals surface area contributed by atoms with Gasteiger partial charge in [-0.2, -0.15) is 0 Å². The number of aryl methyl sites for hydroxylation is 1. The average molecular weight is 383 g/mol. The molecule has 0 aliphatic carbocycles. The molecule has 2 aromatic rings. The largest absolute Gasteiger partial charge is 0.496 e. The Bertz CT molecular complexity index is 827. The summed E-state index contributed by atoms with van der Waals surface area (Å²) in [4.78, 5) is 22.1. The molecule has 28 heavy (non-hydrogen) atoms. The molecule has 0 spiro atoms. The summed E-state index contributed by atoms with van der Waals surface area (Å²) < 4.78 is 11.1. The first kappa shape index (κ1) is 21.0. The molecule has 0 aliphatic rings. The lowest BCUT2D eigenvalue weighted by Crippen LogP contribution is -2.22. The van der Waals surface area contributed by atoms with Crippen molar-refractivity contribution in [2.75, 3.05) is 13.7 Å². The van der Waals surface area contributed by atoms with Crippen LogP contribution in [0.3, 0.4) is 0 Å². The standard InChI is InChI=1S/C22H25NO5/c1-16-5-6-18(14-20(16)27-2)15-28-19-10-7-17(8-11-19)9-12-21(24)23-13-3-4-22(25)26/h5-12,14H,3-4,13,15H2,1-2H3,(H,23,24)(H,25,26)/b12-9+. The molecule has 0 aliphatic heterocycles. The van der Waals surface area contributed by atoms with E-state index in [1.165, 1.54) is 6.08 Å². The molecule has 0 radical (unpaired) electrons. The topological polar surface area (TPSA) is 84.9 Å². The van der Waals surface area contributed by atoms with Gasteiger partial charge >= 0.3 is 5.97 Å². The highest BCUT2D eigenvalue weighted by Gasteiger charge is 2.02. The van der Waals surface area contributed by atoms with Crippen LogP contribution in [0.4, 0.5) is 0 Å². The number of methoxy groups -OCH3 is 1. The van der Waals surface area contributed by atoms with Gasteiger partial charge < -0.3 is 19.9 Å². The number of ether oxygens (including phenoxy) is 2. The van der Waals surface area contributed by atoms with Crippen molar-refractivity contribution in [2.45, 2.75) is 26.4 Å². The van der Waals surface area contributed by atoms with Gasteiger partial charge in [-0.1, -0.05) is 24.3 Å². The molecule has 0 atom stereocenters. The number of hydrogen-bond acceptors (Lipinski definition) is 4. The van der Waals surface area contributed by atoms with Crippen molar-refractivity contribution < 1.29 is 24.2 Å². The molecule has 6 nitrogen and oxygen atoms in total. The van der Waals surface area contributed by atoms with E-state index in [2.05, 4.69) is 5.32 Å². The van der Waals surface area contributed by atoms with E-state index in [0.717, 1.165) is 28.2 Å². The highest BCUT2D eigenvalue weighted by atomic mass is 16.5. The molecule has 0 bridgehead atoms. The Labute approximate surface area is 164 Å². The maximum atomic E-state index is 11.7. The Morgan fingerprint density at radius 2 is 1.89 bits per heavy atom. The lowest BCUT2D eigenvalue weighted by atomic mass is 10.1. The fraction of sp³-hybridized carbons (Fsp3) is 0.273. The molecule has 0 saturated carbocycles. The SMILES string of the molecule is COc1cc(COc2ccc(/C=C/C(=O)NCCCC(=O)O)cc2)ccc1C. The fourth-order valence-electron chi connectivity index (χ4n) is 2.48. The van der Waals surface area contributed by atoms with Crippen LogP contribution in [0.15, 0.2) is 48.5 Å². The summed E-state index contributed by atoms with van der Waals surface area (Å²) in [6.45, 7) is 2.77. The number of hydrogen-bond donors (Lipinski definition) is 2. The van der Waals surface area contributed by atoms with Gasteiger partial charge in [-0.05, 0) is 54.3 Å². The van der Waals surface area contributed by atoms with Crippen LogP contribution < -0.4 is 14.8 Å². The Hall–Kier alpha value is -3.28. The van der Waals surface area contributed by atoms with Gasteiger partial charge in [0.1, 0.15) is 18.1 Å². The molecule has 1 amide bonds. The van der Waals surface area contributed by atoms with E-state index in [9.17, 15) is 9.59 Å². The molecule has 2 aromatic carbocycles. The van der Waals surface area contributed by atoms with Gasteiger partial charge in [0.25, 0.3) is 0 Å². The normalized spacial score (nSPS) is 10.6. The first-order valence-corrected chi connectivity index (χ1v) is 9.02. The summed E-state index contributed by atoms with van der Waals surface area (Å²) >= 11 is 0. The number of nitrogens with one attached hydrogen (secondary N) is 1. The summed E-state index contributed by atoms with van der Waals surface area (Å²) in [5, 5.41) is 11.2. The third-order valence-electron chi connectivity index (χ3n) is 4.05. The van der Waals surface area contributed by atoms with Gasteiger partial charge in [0.2, 0.25) is 5.91 Å². The third kappa shape index (κ3) is 7.15. The molecule has 0 saturated heterocycles. The number of benzene rings is 2. The second kappa shape index (κ2) is 10.8. The van der Waals surface area contributed by atoms with Gasteiger partial charge in [-0.15, -0.1) is 0 Å². The second-order valence-electron chi connectivity index (χ2n) is 6.28. The minimum atomic E-state index is -0.867. The van der Waals surface area contributed by atoms with Crippen molar-refractivity contribution in [3.63, 3.8) is 0 Å². The minimum absolute atomic E-state index is 0.0425. The zero-order valence-corrected chi connectivity index (χ0v) is 16.1. The average Bonchev–Trinajstić information content (AvgIpc) is 2.69. The number of amides is 1. The Kier molecular flexibility index (Phi) is 8.09. The fourth-order valence-corrected chi connectivity index (χ4v) is 2.48. The smallest absolute Gasteiger partial charge is 0.303 e. The number of carboxylic acids is 1. The number of rotatable bonds is 10. The van der Waals surface area contributed by atoms with E-state index in [4.69, 9.17) is 14.6 Å². The minimum Gasteiger partial charge on any atom is -0.496 e. The second-order valence-corrected chi connectivity index (χ2v) is 6.28. The van der Waals surface area contributed by atoms with E-state index in [-0.39, 0.29) is 12.3 Å². The summed E-state index contributed by atoms with van der Waals surface area (Å²) in [7, 11) is 1.65. The van der Waals surface area contributed by atoms with Crippen LogP contribution >= 0.6 is 0 Å². The Morgan fingerprint density at radius 3 is 2.57 bits per heavy atom. The lowest BCUT2D eigenvalue weighted by Gasteiger charge is -2.09. The molecule has 0 unspecified atom stereocenters. The third-order valence-corrected chi connectivity index (χ3v) is 4.05. The maximum Gasteiger partial charge on any atom is 0.303 e. The van der Waals surface area contributed by atoms with Gasteiger partial charge in [0, 0.05) is 19.0 Å². The zero-order valence-electron chi connectivity index (χ0n) is 16.1. The van der Waals surface area contributed by atoms with E-state index in [1.54, 1.807) is 13.2 Å². The predicted octanol–water partition coefficient (Wildman–Crippen LogP) is 3.58. The summed E-state index contributed by atoms with van der Waals surface area (Å²) in [5.41, 5.74) is 2.96. The Morgan fingerprint density at radius 1 is 1.14 bits per heavy atom. The van der Waals surface area contributed by atoms with Gasteiger partial charge in [0.05, 0.1) is 7.11 Å². The first-order valence-electron chi connectivity index (χ1n) is 9.02.